The second kappa shape index (κ2) is 5.75. The molecular formula is C11H22N2OS. The summed E-state index contributed by atoms with van der Waals surface area (Å²) in [6, 6.07) is 1.46. The third kappa shape index (κ3) is 4.89. The van der Waals surface area contributed by atoms with Crippen LogP contribution in [0.25, 0.3) is 0 Å². The summed E-state index contributed by atoms with van der Waals surface area (Å²) < 4.78 is 2.17. The third-order valence-corrected chi connectivity index (χ3v) is 3.56. The molecule has 1 aliphatic rings. The number of rotatable bonds is 6. The van der Waals surface area contributed by atoms with Crippen LogP contribution in [-0.2, 0) is 4.79 Å². The Labute approximate surface area is 98.1 Å². The molecule has 1 N–H and O–H groups in total. The van der Waals surface area contributed by atoms with Gasteiger partial charge in [-0.1, -0.05) is 12.8 Å². The number of hydrogen-bond donors (Lipinski definition) is 2. The van der Waals surface area contributed by atoms with E-state index in [0.29, 0.717) is 12.1 Å². The Kier molecular flexibility index (Phi) is 4.93. The maximum absolute atomic E-state index is 10.8. The van der Waals surface area contributed by atoms with E-state index in [9.17, 15) is 4.79 Å². The third-order valence-electron chi connectivity index (χ3n) is 2.84. The van der Waals surface area contributed by atoms with Crippen molar-refractivity contribution in [2.75, 3.05) is 0 Å². The van der Waals surface area contributed by atoms with E-state index in [1.807, 2.05) is 6.92 Å². The fourth-order valence-corrected chi connectivity index (χ4v) is 2.09. The quantitative estimate of drug-likeness (QED) is 0.684. The SMILES string of the molecule is CC(=O)NC(C)CCC(C)N(S)C1CC1. The first-order valence-electron chi connectivity index (χ1n) is 5.75. The number of thiol groups is 1. The Morgan fingerprint density at radius 3 is 2.53 bits per heavy atom. The second-order valence-corrected chi connectivity index (χ2v) is 5.10. The standard InChI is InChI=1S/C11H22N2OS/c1-8(12-10(3)14)4-5-9(2)13(15)11-6-7-11/h8-9,11,15H,4-7H2,1-3H3,(H,12,14). The largest absolute Gasteiger partial charge is 0.354 e. The Balaban J connectivity index is 2.14. The van der Waals surface area contributed by atoms with Gasteiger partial charge in [-0.05, 0) is 39.5 Å². The minimum atomic E-state index is 0.0556. The molecule has 1 saturated carbocycles. The molecule has 3 nitrogen and oxygen atoms in total. The van der Waals surface area contributed by atoms with Gasteiger partial charge < -0.3 is 5.32 Å². The molecule has 1 rings (SSSR count). The molecule has 2 unspecified atom stereocenters. The van der Waals surface area contributed by atoms with Gasteiger partial charge in [0.2, 0.25) is 5.91 Å². The first-order chi connectivity index (χ1) is 7.00. The lowest BCUT2D eigenvalue weighted by atomic mass is 10.1. The van der Waals surface area contributed by atoms with Crippen LogP contribution in [0.3, 0.4) is 0 Å². The summed E-state index contributed by atoms with van der Waals surface area (Å²) >= 11 is 4.50. The van der Waals surface area contributed by atoms with E-state index in [1.165, 1.54) is 12.8 Å². The van der Waals surface area contributed by atoms with E-state index < -0.39 is 0 Å². The number of nitrogens with one attached hydrogen (secondary N) is 1. The molecule has 0 aromatic carbocycles. The minimum absolute atomic E-state index is 0.0556. The van der Waals surface area contributed by atoms with Crippen LogP contribution in [0.4, 0.5) is 0 Å². The number of nitrogens with zero attached hydrogens (tertiary/aromatic N) is 1. The smallest absolute Gasteiger partial charge is 0.217 e. The van der Waals surface area contributed by atoms with Crippen molar-refractivity contribution in [2.45, 2.75) is 64.6 Å². The van der Waals surface area contributed by atoms with Crippen molar-refractivity contribution in [3.8, 4) is 0 Å². The molecule has 0 saturated heterocycles. The van der Waals surface area contributed by atoms with E-state index in [2.05, 4.69) is 29.4 Å². The molecule has 1 fully saturated rings. The zero-order valence-electron chi connectivity index (χ0n) is 9.86. The van der Waals surface area contributed by atoms with Gasteiger partial charge in [0.25, 0.3) is 0 Å². The molecule has 0 aromatic heterocycles. The highest BCUT2D eigenvalue weighted by Gasteiger charge is 2.29. The first-order valence-corrected chi connectivity index (χ1v) is 6.15. The van der Waals surface area contributed by atoms with Crippen LogP contribution in [0.1, 0.15) is 46.5 Å². The molecule has 0 radical (unpaired) electrons. The highest BCUT2D eigenvalue weighted by molar-refractivity contribution is 7.77. The number of carbonyl (C=O) groups excluding carboxylic acids is 1. The van der Waals surface area contributed by atoms with Crippen molar-refractivity contribution in [3.05, 3.63) is 0 Å². The van der Waals surface area contributed by atoms with E-state index in [4.69, 9.17) is 0 Å². The molecule has 0 aliphatic heterocycles. The van der Waals surface area contributed by atoms with Crippen LogP contribution in [0.15, 0.2) is 0 Å². The van der Waals surface area contributed by atoms with Crippen molar-refractivity contribution in [1.29, 1.82) is 0 Å². The monoisotopic (exact) mass is 230 g/mol. The molecule has 0 bridgehead atoms. The van der Waals surface area contributed by atoms with Gasteiger partial charge in [-0.15, -0.1) is 0 Å². The summed E-state index contributed by atoms with van der Waals surface area (Å²) in [7, 11) is 0. The summed E-state index contributed by atoms with van der Waals surface area (Å²) in [5, 5.41) is 2.90. The van der Waals surface area contributed by atoms with Crippen molar-refractivity contribution in [2.24, 2.45) is 0 Å². The lowest BCUT2D eigenvalue weighted by Gasteiger charge is -2.24. The zero-order chi connectivity index (χ0) is 11.4. The Morgan fingerprint density at radius 2 is 2.07 bits per heavy atom. The van der Waals surface area contributed by atoms with E-state index in [1.54, 1.807) is 6.92 Å². The summed E-state index contributed by atoms with van der Waals surface area (Å²) in [6.07, 6.45) is 4.68. The molecule has 1 aliphatic carbocycles. The van der Waals surface area contributed by atoms with Gasteiger partial charge in [-0.2, -0.15) is 0 Å². The molecular weight excluding hydrogens is 208 g/mol. The molecule has 2 atom stereocenters. The van der Waals surface area contributed by atoms with Crippen LogP contribution in [0.2, 0.25) is 0 Å². The maximum atomic E-state index is 10.8. The van der Waals surface area contributed by atoms with E-state index >= 15 is 0 Å². The Morgan fingerprint density at radius 1 is 1.47 bits per heavy atom. The van der Waals surface area contributed by atoms with Crippen LogP contribution in [-0.4, -0.2) is 28.3 Å². The number of hydrogen-bond acceptors (Lipinski definition) is 3. The number of carbonyl (C=O) groups is 1. The summed E-state index contributed by atoms with van der Waals surface area (Å²) in [5.74, 6) is 0.0556. The van der Waals surface area contributed by atoms with Crippen molar-refractivity contribution in [3.63, 3.8) is 0 Å². The lowest BCUT2D eigenvalue weighted by molar-refractivity contribution is -0.119. The fraction of sp³-hybridized carbons (Fsp3) is 0.909. The Hall–Kier alpha value is -0.220. The van der Waals surface area contributed by atoms with Crippen molar-refractivity contribution in [1.82, 2.24) is 9.62 Å². The van der Waals surface area contributed by atoms with Crippen LogP contribution in [0.5, 0.6) is 0 Å². The maximum Gasteiger partial charge on any atom is 0.217 e. The highest BCUT2D eigenvalue weighted by Crippen LogP contribution is 2.31. The van der Waals surface area contributed by atoms with Gasteiger partial charge in [0, 0.05) is 25.0 Å². The second-order valence-electron chi connectivity index (χ2n) is 4.64. The highest BCUT2D eigenvalue weighted by atomic mass is 32.1. The summed E-state index contributed by atoms with van der Waals surface area (Å²) in [5.41, 5.74) is 0. The van der Waals surface area contributed by atoms with Crippen molar-refractivity contribution < 1.29 is 4.79 Å². The van der Waals surface area contributed by atoms with Crippen LogP contribution < -0.4 is 5.32 Å². The molecule has 0 spiro atoms. The average Bonchev–Trinajstić information content (AvgIpc) is 2.95. The van der Waals surface area contributed by atoms with Gasteiger partial charge in [0.15, 0.2) is 0 Å². The average molecular weight is 230 g/mol. The van der Waals surface area contributed by atoms with Gasteiger partial charge in [0.05, 0.1) is 0 Å². The molecule has 0 heterocycles. The van der Waals surface area contributed by atoms with Gasteiger partial charge in [0.1, 0.15) is 0 Å². The van der Waals surface area contributed by atoms with Crippen LogP contribution >= 0.6 is 12.8 Å². The molecule has 88 valence electrons. The van der Waals surface area contributed by atoms with Gasteiger partial charge >= 0.3 is 0 Å². The van der Waals surface area contributed by atoms with Crippen LogP contribution in [0, 0.1) is 0 Å². The molecule has 4 heteroatoms. The number of amides is 1. The predicted molar refractivity (Wildman–Crippen MR) is 65.8 cm³/mol. The van der Waals surface area contributed by atoms with E-state index in [-0.39, 0.29) is 11.9 Å². The zero-order valence-corrected chi connectivity index (χ0v) is 10.8. The molecule has 1 amide bonds. The Bertz CT molecular complexity index is 219. The minimum Gasteiger partial charge on any atom is -0.354 e. The molecule has 0 aromatic rings. The summed E-state index contributed by atoms with van der Waals surface area (Å²) in [4.78, 5) is 10.8. The fourth-order valence-electron chi connectivity index (χ4n) is 1.74. The normalized spacial score (nSPS) is 20.1. The van der Waals surface area contributed by atoms with Gasteiger partial charge in [-0.25, -0.2) is 4.31 Å². The van der Waals surface area contributed by atoms with Crippen molar-refractivity contribution >= 4 is 18.7 Å². The molecule has 15 heavy (non-hydrogen) atoms. The predicted octanol–water partition coefficient (Wildman–Crippen LogP) is 1.99. The summed E-state index contributed by atoms with van der Waals surface area (Å²) in [6.45, 7) is 5.81. The first kappa shape index (κ1) is 12.8. The lowest BCUT2D eigenvalue weighted by Crippen LogP contribution is -2.33. The topological polar surface area (TPSA) is 32.3 Å². The van der Waals surface area contributed by atoms with E-state index in [0.717, 1.165) is 12.8 Å². The van der Waals surface area contributed by atoms with Gasteiger partial charge in [-0.3, -0.25) is 4.79 Å².